The van der Waals surface area contributed by atoms with Gasteiger partial charge in [-0.15, -0.1) is 0 Å². The molecule has 0 aliphatic carbocycles. The number of nitrogens with one attached hydrogen (secondary N) is 2. The van der Waals surface area contributed by atoms with Crippen molar-refractivity contribution in [3.63, 3.8) is 0 Å². The molecule has 4 aromatic rings. The number of benzene rings is 4. The van der Waals surface area contributed by atoms with Crippen LogP contribution in [0.4, 0.5) is 17.1 Å². The first-order valence-corrected chi connectivity index (χ1v) is 15.5. The maximum atomic E-state index is 12.8. The summed E-state index contributed by atoms with van der Waals surface area (Å²) in [6, 6.07) is 26.5. The van der Waals surface area contributed by atoms with Crippen LogP contribution in [0.1, 0.15) is 11.1 Å². The molecule has 0 aromatic heterocycles. The van der Waals surface area contributed by atoms with Crippen molar-refractivity contribution in [1.82, 2.24) is 0 Å². The number of aryl methyl sites for hydroxylation is 2. The van der Waals surface area contributed by atoms with E-state index in [0.717, 1.165) is 21.7 Å². The summed E-state index contributed by atoms with van der Waals surface area (Å²) in [6.07, 6.45) is 1.01. The Morgan fingerprint density at radius 1 is 0.800 bits per heavy atom. The predicted octanol–water partition coefficient (Wildman–Crippen LogP) is 5.30. The van der Waals surface area contributed by atoms with Crippen LogP contribution < -0.4 is 19.1 Å². The number of hydrogen-bond acceptors (Lipinski definition) is 6. The van der Waals surface area contributed by atoms with E-state index in [2.05, 4.69) is 10.0 Å². The third kappa shape index (κ3) is 7.39. The smallest absolute Gasteiger partial charge is 0.261 e. The van der Waals surface area contributed by atoms with Crippen molar-refractivity contribution in [3.05, 3.63) is 108 Å². The molecular weight excluding hydrogens is 550 g/mol. The summed E-state index contributed by atoms with van der Waals surface area (Å²) in [7, 11) is -7.65. The van der Waals surface area contributed by atoms with Gasteiger partial charge in [0.25, 0.3) is 10.0 Å². The summed E-state index contributed by atoms with van der Waals surface area (Å²) in [4.78, 5) is 12.8. The second-order valence-electron chi connectivity index (χ2n) is 9.18. The van der Waals surface area contributed by atoms with Crippen molar-refractivity contribution in [2.45, 2.75) is 18.7 Å². The lowest BCUT2D eigenvalue weighted by atomic mass is 10.1. The fraction of sp³-hybridized carbons (Fsp3) is 0.138. The lowest BCUT2D eigenvalue weighted by Crippen LogP contribution is -2.37. The van der Waals surface area contributed by atoms with Crippen LogP contribution >= 0.6 is 0 Å². The molecule has 208 valence electrons. The minimum absolute atomic E-state index is 0.0149. The fourth-order valence-electron chi connectivity index (χ4n) is 3.89. The van der Waals surface area contributed by atoms with Crippen LogP contribution in [0, 0.1) is 13.8 Å². The van der Waals surface area contributed by atoms with Gasteiger partial charge in [0, 0.05) is 5.69 Å². The number of rotatable bonds is 10. The standard InChI is InChI=1S/C29H29N3O6S2/c1-21-9-18-28(22(2)19-21)31-40(36,37)27-16-10-23(11-17-27)30-29(33)20-32(39(3,34)35)24-12-14-26(15-13-24)38-25-7-5-4-6-8-25/h4-19,31H,20H2,1-3H3,(H,30,33). The van der Waals surface area contributed by atoms with Crippen LogP contribution in [0.3, 0.4) is 0 Å². The van der Waals surface area contributed by atoms with E-state index in [4.69, 9.17) is 4.74 Å². The number of nitrogens with zero attached hydrogens (tertiary/aromatic N) is 1. The van der Waals surface area contributed by atoms with E-state index in [0.29, 0.717) is 22.9 Å². The molecule has 0 saturated heterocycles. The van der Waals surface area contributed by atoms with Gasteiger partial charge >= 0.3 is 0 Å². The van der Waals surface area contributed by atoms with Gasteiger partial charge in [-0.05, 0) is 86.1 Å². The highest BCUT2D eigenvalue weighted by Crippen LogP contribution is 2.26. The van der Waals surface area contributed by atoms with Gasteiger partial charge in [-0.3, -0.25) is 13.8 Å². The van der Waals surface area contributed by atoms with Gasteiger partial charge in [-0.25, -0.2) is 16.8 Å². The van der Waals surface area contributed by atoms with E-state index in [1.54, 1.807) is 42.5 Å². The van der Waals surface area contributed by atoms with Crippen LogP contribution in [-0.2, 0) is 24.8 Å². The number of carbonyl (C=O) groups excluding carboxylic acids is 1. The van der Waals surface area contributed by atoms with Crippen LogP contribution in [0.25, 0.3) is 0 Å². The molecule has 0 atom stereocenters. The molecule has 1 amide bonds. The summed E-state index contributed by atoms with van der Waals surface area (Å²) in [6.45, 7) is 3.26. The quantitative estimate of drug-likeness (QED) is 0.263. The van der Waals surface area contributed by atoms with E-state index >= 15 is 0 Å². The SMILES string of the molecule is Cc1ccc(NS(=O)(=O)c2ccc(NC(=O)CN(c3ccc(Oc4ccccc4)cc3)S(C)(=O)=O)cc2)c(C)c1. The van der Waals surface area contributed by atoms with Crippen molar-refractivity contribution in [1.29, 1.82) is 0 Å². The molecule has 0 aliphatic heterocycles. The molecule has 0 aliphatic rings. The third-order valence-corrected chi connectivity index (χ3v) is 8.39. The molecule has 0 bridgehead atoms. The van der Waals surface area contributed by atoms with Crippen LogP contribution in [0.2, 0.25) is 0 Å². The number of para-hydroxylation sites is 1. The van der Waals surface area contributed by atoms with E-state index in [1.807, 2.05) is 44.2 Å². The Morgan fingerprint density at radius 2 is 1.43 bits per heavy atom. The van der Waals surface area contributed by atoms with Gasteiger partial charge in [0.05, 0.1) is 22.5 Å². The van der Waals surface area contributed by atoms with Gasteiger partial charge in [-0.1, -0.05) is 35.9 Å². The Morgan fingerprint density at radius 3 is 2.02 bits per heavy atom. The predicted molar refractivity (Wildman–Crippen MR) is 157 cm³/mol. The number of ether oxygens (including phenoxy) is 1. The van der Waals surface area contributed by atoms with Gasteiger partial charge in [0.1, 0.15) is 18.0 Å². The normalized spacial score (nSPS) is 11.5. The molecule has 0 unspecified atom stereocenters. The van der Waals surface area contributed by atoms with Crippen molar-refractivity contribution >= 4 is 43.0 Å². The zero-order valence-electron chi connectivity index (χ0n) is 22.2. The molecule has 4 aromatic carbocycles. The lowest BCUT2D eigenvalue weighted by Gasteiger charge is -2.22. The Hall–Kier alpha value is -4.35. The molecule has 0 heterocycles. The zero-order valence-corrected chi connectivity index (χ0v) is 23.8. The maximum Gasteiger partial charge on any atom is 0.261 e. The highest BCUT2D eigenvalue weighted by atomic mass is 32.2. The highest BCUT2D eigenvalue weighted by Gasteiger charge is 2.22. The largest absolute Gasteiger partial charge is 0.457 e. The second kappa shape index (κ2) is 11.8. The Kier molecular flexibility index (Phi) is 8.46. The third-order valence-electron chi connectivity index (χ3n) is 5.87. The molecule has 2 N–H and O–H groups in total. The molecule has 0 fully saturated rings. The van der Waals surface area contributed by atoms with Crippen molar-refractivity contribution < 1.29 is 26.4 Å². The van der Waals surface area contributed by atoms with Gasteiger partial charge < -0.3 is 10.1 Å². The monoisotopic (exact) mass is 579 g/mol. The van der Waals surface area contributed by atoms with Gasteiger partial charge in [0.15, 0.2) is 0 Å². The molecule has 0 radical (unpaired) electrons. The average molecular weight is 580 g/mol. The lowest BCUT2D eigenvalue weighted by molar-refractivity contribution is -0.114. The topological polar surface area (TPSA) is 122 Å². The van der Waals surface area contributed by atoms with Crippen LogP contribution in [0.5, 0.6) is 11.5 Å². The Balaban J connectivity index is 1.42. The minimum atomic E-state index is -3.85. The molecule has 4 rings (SSSR count). The summed E-state index contributed by atoms with van der Waals surface area (Å²) in [5.74, 6) is 0.545. The first kappa shape index (κ1) is 28.7. The Labute approximate surface area is 234 Å². The first-order valence-electron chi connectivity index (χ1n) is 12.2. The van der Waals surface area contributed by atoms with E-state index in [1.165, 1.54) is 24.3 Å². The molecule has 9 nitrogen and oxygen atoms in total. The molecular formula is C29H29N3O6S2. The molecule has 0 spiro atoms. The van der Waals surface area contributed by atoms with Gasteiger partial charge in [0.2, 0.25) is 15.9 Å². The fourth-order valence-corrected chi connectivity index (χ4v) is 5.87. The maximum absolute atomic E-state index is 12.8. The number of anilines is 3. The summed E-state index contributed by atoms with van der Waals surface area (Å²) in [5.41, 5.74) is 2.89. The average Bonchev–Trinajstić information content (AvgIpc) is 2.90. The van der Waals surface area contributed by atoms with E-state index in [9.17, 15) is 21.6 Å². The summed E-state index contributed by atoms with van der Waals surface area (Å²) in [5, 5.41) is 2.62. The molecule has 0 saturated carbocycles. The van der Waals surface area contributed by atoms with E-state index in [-0.39, 0.29) is 10.6 Å². The number of sulfonamides is 2. The summed E-state index contributed by atoms with van der Waals surface area (Å²) < 4.78 is 59.9. The number of hydrogen-bond donors (Lipinski definition) is 2. The number of carbonyl (C=O) groups is 1. The van der Waals surface area contributed by atoms with Crippen LogP contribution in [-0.4, -0.2) is 35.5 Å². The minimum Gasteiger partial charge on any atom is -0.457 e. The van der Waals surface area contributed by atoms with Gasteiger partial charge in [-0.2, -0.15) is 0 Å². The first-order chi connectivity index (χ1) is 18.9. The highest BCUT2D eigenvalue weighted by molar-refractivity contribution is 7.92. The Bertz CT molecular complexity index is 1710. The number of amides is 1. The van der Waals surface area contributed by atoms with E-state index < -0.39 is 32.5 Å². The van der Waals surface area contributed by atoms with Crippen molar-refractivity contribution in [3.8, 4) is 11.5 Å². The molecule has 11 heteroatoms. The van der Waals surface area contributed by atoms with Crippen molar-refractivity contribution in [2.24, 2.45) is 0 Å². The summed E-state index contributed by atoms with van der Waals surface area (Å²) >= 11 is 0. The second-order valence-corrected chi connectivity index (χ2v) is 12.8. The van der Waals surface area contributed by atoms with Crippen LogP contribution in [0.15, 0.2) is 102 Å². The van der Waals surface area contributed by atoms with Crippen molar-refractivity contribution in [2.75, 3.05) is 27.1 Å². The molecule has 40 heavy (non-hydrogen) atoms. The zero-order chi connectivity index (χ0) is 28.9.